The Bertz CT molecular complexity index is 436. The average Bonchev–Trinajstić information content (AvgIpc) is 2.42. The van der Waals surface area contributed by atoms with Crippen molar-refractivity contribution in [3.8, 4) is 5.75 Å². The Hall–Kier alpha value is -1.62. The van der Waals surface area contributed by atoms with Gasteiger partial charge in [-0.25, -0.2) is 0 Å². The summed E-state index contributed by atoms with van der Waals surface area (Å²) >= 11 is 0. The van der Waals surface area contributed by atoms with Gasteiger partial charge in [0.15, 0.2) is 0 Å². The highest BCUT2D eigenvalue weighted by Gasteiger charge is 2.23. The molecular weight excluding hydrogens is 242 g/mol. The lowest BCUT2D eigenvalue weighted by molar-refractivity contribution is 0.0948. The Labute approximate surface area is 113 Å². The fraction of sp³-hybridized carbons (Fsp3) is 0.571. The number of nitrogens with one attached hydrogen (secondary N) is 1. The maximum Gasteiger partial charge on any atom is 0.270 e. The van der Waals surface area contributed by atoms with Crippen LogP contribution >= 0.6 is 0 Å². The first-order valence-electron chi connectivity index (χ1n) is 6.87. The first-order chi connectivity index (χ1) is 9.20. The van der Waals surface area contributed by atoms with E-state index in [-0.39, 0.29) is 18.1 Å². The van der Waals surface area contributed by atoms with Crippen molar-refractivity contribution in [2.24, 2.45) is 5.73 Å². The second-order valence-electron chi connectivity index (χ2n) is 4.84. The van der Waals surface area contributed by atoms with Gasteiger partial charge in [-0.3, -0.25) is 9.78 Å². The van der Waals surface area contributed by atoms with E-state index in [9.17, 15) is 4.79 Å². The van der Waals surface area contributed by atoms with Crippen molar-refractivity contribution < 1.29 is 9.53 Å². The van der Waals surface area contributed by atoms with Crippen LogP contribution in [-0.4, -0.2) is 29.6 Å². The summed E-state index contributed by atoms with van der Waals surface area (Å²) in [6.07, 6.45) is 5.92. The van der Waals surface area contributed by atoms with Crippen LogP contribution in [0, 0.1) is 0 Å². The van der Waals surface area contributed by atoms with E-state index >= 15 is 0 Å². The van der Waals surface area contributed by atoms with Crippen LogP contribution in [0.1, 0.15) is 43.1 Å². The molecule has 5 heteroatoms. The van der Waals surface area contributed by atoms with Gasteiger partial charge in [0, 0.05) is 24.8 Å². The van der Waals surface area contributed by atoms with Crippen LogP contribution in [0.2, 0.25) is 0 Å². The van der Waals surface area contributed by atoms with E-state index in [1.807, 2.05) is 6.92 Å². The van der Waals surface area contributed by atoms with Gasteiger partial charge in [-0.1, -0.05) is 6.42 Å². The Morgan fingerprint density at radius 3 is 3.05 bits per heavy atom. The largest absolute Gasteiger partial charge is 0.489 e. The molecule has 2 rings (SSSR count). The van der Waals surface area contributed by atoms with Crippen molar-refractivity contribution in [3.05, 3.63) is 24.0 Å². The number of ether oxygens (including phenoxy) is 1. The van der Waals surface area contributed by atoms with Crippen LogP contribution < -0.4 is 15.8 Å². The molecule has 1 fully saturated rings. The number of carbonyl (C=O) groups is 1. The van der Waals surface area contributed by atoms with Crippen molar-refractivity contribution >= 4 is 5.91 Å². The lowest BCUT2D eigenvalue weighted by Gasteiger charge is -2.29. The lowest BCUT2D eigenvalue weighted by Crippen LogP contribution is -2.41. The third kappa shape index (κ3) is 3.67. The molecule has 5 nitrogen and oxygen atoms in total. The third-order valence-electron chi connectivity index (χ3n) is 3.34. The van der Waals surface area contributed by atoms with Gasteiger partial charge in [-0.05, 0) is 32.3 Å². The summed E-state index contributed by atoms with van der Waals surface area (Å²) < 4.78 is 5.89. The second-order valence-corrected chi connectivity index (χ2v) is 4.84. The molecule has 1 saturated carbocycles. The molecule has 0 spiro atoms. The number of nitrogens with zero attached hydrogens (tertiary/aromatic N) is 1. The minimum Gasteiger partial charge on any atom is -0.489 e. The Morgan fingerprint density at radius 2 is 2.32 bits per heavy atom. The van der Waals surface area contributed by atoms with Crippen LogP contribution in [0.3, 0.4) is 0 Å². The molecule has 19 heavy (non-hydrogen) atoms. The molecule has 3 N–H and O–H groups in total. The highest BCUT2D eigenvalue weighted by molar-refractivity contribution is 5.92. The maximum atomic E-state index is 11.7. The number of rotatable bonds is 4. The second kappa shape index (κ2) is 6.52. The van der Waals surface area contributed by atoms with Crippen LogP contribution in [0.15, 0.2) is 18.3 Å². The number of pyridine rings is 1. The Morgan fingerprint density at radius 1 is 1.53 bits per heavy atom. The van der Waals surface area contributed by atoms with E-state index in [1.165, 1.54) is 6.42 Å². The van der Waals surface area contributed by atoms with E-state index in [1.54, 1.807) is 18.3 Å². The van der Waals surface area contributed by atoms with E-state index in [0.717, 1.165) is 19.3 Å². The summed E-state index contributed by atoms with van der Waals surface area (Å²) in [7, 11) is 0. The molecule has 1 aromatic heterocycles. The molecule has 0 aliphatic heterocycles. The minimum atomic E-state index is -0.180. The summed E-state index contributed by atoms with van der Waals surface area (Å²) in [6.45, 7) is 2.46. The monoisotopic (exact) mass is 263 g/mol. The molecular formula is C14H21N3O2. The van der Waals surface area contributed by atoms with Gasteiger partial charge in [-0.2, -0.15) is 0 Å². The number of carbonyl (C=O) groups excluding carboxylic acids is 1. The molecule has 1 aliphatic carbocycles. The summed E-state index contributed by atoms with van der Waals surface area (Å²) in [6, 6.07) is 3.52. The van der Waals surface area contributed by atoms with Crippen molar-refractivity contribution in [2.45, 2.75) is 44.8 Å². The molecule has 2 atom stereocenters. The zero-order valence-corrected chi connectivity index (χ0v) is 11.3. The van der Waals surface area contributed by atoms with Gasteiger partial charge in [0.1, 0.15) is 17.5 Å². The molecule has 0 aromatic carbocycles. The number of nitrogens with two attached hydrogens (primary N) is 1. The zero-order chi connectivity index (χ0) is 13.7. The number of aromatic nitrogens is 1. The van der Waals surface area contributed by atoms with Crippen LogP contribution in [0.5, 0.6) is 5.75 Å². The topological polar surface area (TPSA) is 77.2 Å². The summed E-state index contributed by atoms with van der Waals surface area (Å²) in [5.41, 5.74) is 6.43. The van der Waals surface area contributed by atoms with E-state index in [0.29, 0.717) is 18.0 Å². The van der Waals surface area contributed by atoms with Crippen LogP contribution in [0.25, 0.3) is 0 Å². The normalized spacial score (nSPS) is 22.8. The summed E-state index contributed by atoms with van der Waals surface area (Å²) in [4.78, 5) is 15.7. The quantitative estimate of drug-likeness (QED) is 0.862. The third-order valence-corrected chi connectivity index (χ3v) is 3.34. The predicted molar refractivity (Wildman–Crippen MR) is 73.1 cm³/mol. The number of hydrogen-bond donors (Lipinski definition) is 2. The highest BCUT2D eigenvalue weighted by Crippen LogP contribution is 2.22. The van der Waals surface area contributed by atoms with Crippen molar-refractivity contribution in [2.75, 3.05) is 6.54 Å². The van der Waals surface area contributed by atoms with Crippen molar-refractivity contribution in [1.82, 2.24) is 10.3 Å². The fourth-order valence-corrected chi connectivity index (χ4v) is 2.31. The summed E-state index contributed by atoms with van der Waals surface area (Å²) in [5, 5.41) is 2.72. The van der Waals surface area contributed by atoms with Gasteiger partial charge < -0.3 is 15.8 Å². The van der Waals surface area contributed by atoms with Gasteiger partial charge in [0.05, 0.1) is 0 Å². The van der Waals surface area contributed by atoms with Gasteiger partial charge in [0.2, 0.25) is 0 Å². The number of amides is 1. The highest BCUT2D eigenvalue weighted by atomic mass is 16.5. The molecule has 104 valence electrons. The summed E-state index contributed by atoms with van der Waals surface area (Å²) in [5.74, 6) is 0.486. The molecule has 2 unspecified atom stereocenters. The maximum absolute atomic E-state index is 11.7. The van der Waals surface area contributed by atoms with Crippen LogP contribution in [-0.2, 0) is 0 Å². The molecule has 1 aromatic rings. The van der Waals surface area contributed by atoms with Gasteiger partial charge >= 0.3 is 0 Å². The molecule has 1 heterocycles. The smallest absolute Gasteiger partial charge is 0.270 e. The lowest BCUT2D eigenvalue weighted by atomic mass is 9.93. The molecule has 0 radical (unpaired) electrons. The predicted octanol–water partition coefficient (Wildman–Crippen LogP) is 1.48. The fourth-order valence-electron chi connectivity index (χ4n) is 2.31. The number of hydrogen-bond acceptors (Lipinski definition) is 4. The van der Waals surface area contributed by atoms with Crippen LogP contribution in [0.4, 0.5) is 0 Å². The van der Waals surface area contributed by atoms with E-state index in [4.69, 9.17) is 10.5 Å². The minimum absolute atomic E-state index is 0.0400. The Kier molecular flexibility index (Phi) is 4.74. The van der Waals surface area contributed by atoms with Crippen molar-refractivity contribution in [3.63, 3.8) is 0 Å². The van der Waals surface area contributed by atoms with Gasteiger partial charge in [-0.15, -0.1) is 0 Å². The van der Waals surface area contributed by atoms with Crippen molar-refractivity contribution in [1.29, 1.82) is 0 Å². The standard InChI is InChI=1S/C14H21N3O2/c1-2-16-14(18)12-9-10(7-8-17-12)19-13-6-4-3-5-11(13)15/h7-9,11,13H,2-6,15H2,1H3,(H,16,18). The Balaban J connectivity index is 2.04. The SMILES string of the molecule is CCNC(=O)c1cc(OC2CCCCC2N)ccn1. The molecule has 0 bridgehead atoms. The molecule has 1 aliphatic rings. The van der Waals surface area contributed by atoms with E-state index in [2.05, 4.69) is 10.3 Å². The molecule has 0 saturated heterocycles. The average molecular weight is 263 g/mol. The zero-order valence-electron chi connectivity index (χ0n) is 11.3. The first kappa shape index (κ1) is 13.8. The first-order valence-corrected chi connectivity index (χ1v) is 6.87. The van der Waals surface area contributed by atoms with Gasteiger partial charge in [0.25, 0.3) is 5.91 Å². The van der Waals surface area contributed by atoms with E-state index < -0.39 is 0 Å². The molecule has 1 amide bonds.